The molecule has 1 fully saturated rings. The van der Waals surface area contributed by atoms with Crippen LogP contribution in [0, 0.1) is 6.92 Å². The van der Waals surface area contributed by atoms with Crippen LogP contribution in [0.3, 0.4) is 0 Å². The summed E-state index contributed by atoms with van der Waals surface area (Å²) >= 11 is 7.37. The Morgan fingerprint density at radius 2 is 1.90 bits per heavy atom. The van der Waals surface area contributed by atoms with E-state index in [9.17, 15) is 9.59 Å². The fourth-order valence-corrected chi connectivity index (χ4v) is 4.02. The molecule has 2 aromatic heterocycles. The lowest BCUT2D eigenvalue weighted by Gasteiger charge is -2.36. The summed E-state index contributed by atoms with van der Waals surface area (Å²) in [6, 6.07) is 10.9. The highest BCUT2D eigenvalue weighted by molar-refractivity contribution is 7.15. The van der Waals surface area contributed by atoms with Crippen molar-refractivity contribution in [1.82, 2.24) is 20.0 Å². The highest BCUT2D eigenvalue weighted by Gasteiger charge is 2.19. The van der Waals surface area contributed by atoms with Gasteiger partial charge in [-0.25, -0.2) is 4.68 Å². The van der Waals surface area contributed by atoms with Gasteiger partial charge in [-0.2, -0.15) is 5.10 Å². The molecule has 1 saturated heterocycles. The number of halogens is 1. The normalized spacial score (nSPS) is 14.1. The van der Waals surface area contributed by atoms with Crippen LogP contribution in [-0.2, 0) is 11.3 Å². The van der Waals surface area contributed by atoms with Gasteiger partial charge in [0.15, 0.2) is 0 Å². The molecule has 30 heavy (non-hydrogen) atoms. The number of benzene rings is 1. The summed E-state index contributed by atoms with van der Waals surface area (Å²) < 4.78 is 1.17. The Morgan fingerprint density at radius 3 is 2.60 bits per heavy atom. The number of hydrogen-bond donors (Lipinski definition) is 1. The molecular weight excluding hydrogens is 426 g/mol. The minimum Gasteiger partial charge on any atom is -0.368 e. The van der Waals surface area contributed by atoms with Crippen LogP contribution < -0.4 is 20.7 Å². The molecule has 156 valence electrons. The first kappa shape index (κ1) is 20.3. The summed E-state index contributed by atoms with van der Waals surface area (Å²) in [5.74, 6) is 0.295. The number of carbonyl (C=O) groups is 1. The van der Waals surface area contributed by atoms with Crippen LogP contribution in [0.25, 0.3) is 0 Å². The van der Waals surface area contributed by atoms with Crippen molar-refractivity contribution in [3.8, 4) is 0 Å². The zero-order valence-electron chi connectivity index (χ0n) is 16.3. The van der Waals surface area contributed by atoms with Gasteiger partial charge in [0.25, 0.3) is 5.56 Å². The van der Waals surface area contributed by atoms with Crippen molar-refractivity contribution in [3.05, 3.63) is 56.8 Å². The highest BCUT2D eigenvalue weighted by Crippen LogP contribution is 2.22. The molecule has 1 N–H and O–H groups in total. The Kier molecular flexibility index (Phi) is 5.96. The third kappa shape index (κ3) is 4.77. The van der Waals surface area contributed by atoms with E-state index in [2.05, 4.69) is 30.4 Å². The van der Waals surface area contributed by atoms with Crippen LogP contribution in [0.5, 0.6) is 0 Å². The second-order valence-corrected chi connectivity index (χ2v) is 8.43. The maximum Gasteiger partial charge on any atom is 0.267 e. The Morgan fingerprint density at radius 1 is 1.13 bits per heavy atom. The van der Waals surface area contributed by atoms with Crippen LogP contribution >= 0.6 is 22.9 Å². The Labute approximate surface area is 181 Å². The number of carbonyl (C=O) groups excluding carboxylic acids is 1. The monoisotopic (exact) mass is 445 g/mol. The van der Waals surface area contributed by atoms with E-state index in [0.717, 1.165) is 36.9 Å². The number of hydrogen-bond acceptors (Lipinski definition) is 8. The molecule has 3 aromatic rings. The van der Waals surface area contributed by atoms with Gasteiger partial charge in [0, 0.05) is 43.0 Å². The first-order chi connectivity index (χ1) is 14.5. The fraction of sp³-hybridized carbons (Fsp3) is 0.316. The maximum absolute atomic E-state index is 12.3. The standard InChI is InChI=1S/C19H20ClN7O2S/c1-13-22-23-19(30-13)21-17(28)12-27-18(29)6-5-16(24-27)26-9-7-25(8-10-26)15-4-2-3-14(20)11-15/h2-6,11H,7-10,12H2,1H3,(H,21,23,28). The van der Waals surface area contributed by atoms with Crippen LogP contribution in [0.2, 0.25) is 5.02 Å². The number of aromatic nitrogens is 4. The van der Waals surface area contributed by atoms with Gasteiger partial charge in [-0.1, -0.05) is 29.0 Å². The van der Waals surface area contributed by atoms with Crippen LogP contribution in [-0.4, -0.2) is 52.1 Å². The van der Waals surface area contributed by atoms with Gasteiger partial charge in [0.05, 0.1) is 0 Å². The van der Waals surface area contributed by atoms with Crippen molar-refractivity contribution in [1.29, 1.82) is 0 Å². The van der Waals surface area contributed by atoms with Crippen molar-refractivity contribution >= 4 is 45.5 Å². The number of nitrogens with zero attached hydrogens (tertiary/aromatic N) is 6. The van der Waals surface area contributed by atoms with Crippen molar-refractivity contribution in [3.63, 3.8) is 0 Å². The van der Waals surface area contributed by atoms with Crippen LogP contribution in [0.1, 0.15) is 5.01 Å². The average molecular weight is 446 g/mol. The molecular formula is C19H20ClN7O2S. The first-order valence-electron chi connectivity index (χ1n) is 9.41. The summed E-state index contributed by atoms with van der Waals surface area (Å²) in [6.07, 6.45) is 0. The minimum atomic E-state index is -0.372. The molecule has 4 rings (SSSR count). The molecule has 0 saturated carbocycles. The highest BCUT2D eigenvalue weighted by atomic mass is 35.5. The fourth-order valence-electron chi connectivity index (χ4n) is 3.23. The maximum atomic E-state index is 12.3. The molecule has 1 aliphatic heterocycles. The predicted molar refractivity (Wildman–Crippen MR) is 118 cm³/mol. The smallest absolute Gasteiger partial charge is 0.267 e. The molecule has 0 bridgehead atoms. The minimum absolute atomic E-state index is 0.187. The topological polar surface area (TPSA) is 96.2 Å². The lowest BCUT2D eigenvalue weighted by molar-refractivity contribution is -0.117. The van der Waals surface area contributed by atoms with Crippen molar-refractivity contribution in [2.75, 3.05) is 41.3 Å². The van der Waals surface area contributed by atoms with Crippen molar-refractivity contribution < 1.29 is 4.79 Å². The summed E-state index contributed by atoms with van der Waals surface area (Å²) in [5, 5.41) is 16.6. The average Bonchev–Trinajstić information content (AvgIpc) is 3.14. The molecule has 3 heterocycles. The van der Waals surface area contributed by atoms with Crippen molar-refractivity contribution in [2.24, 2.45) is 0 Å². The van der Waals surface area contributed by atoms with E-state index in [1.165, 1.54) is 22.1 Å². The number of nitrogens with one attached hydrogen (secondary N) is 1. The van der Waals surface area contributed by atoms with Gasteiger partial charge < -0.3 is 9.80 Å². The Balaban J connectivity index is 1.40. The molecule has 0 radical (unpaired) electrons. The van der Waals surface area contributed by atoms with Gasteiger partial charge >= 0.3 is 0 Å². The largest absolute Gasteiger partial charge is 0.368 e. The van der Waals surface area contributed by atoms with E-state index in [0.29, 0.717) is 16.0 Å². The quantitative estimate of drug-likeness (QED) is 0.641. The third-order valence-electron chi connectivity index (χ3n) is 4.70. The summed E-state index contributed by atoms with van der Waals surface area (Å²) in [7, 11) is 0. The van der Waals surface area contributed by atoms with Gasteiger partial charge in [-0.05, 0) is 31.2 Å². The van der Waals surface area contributed by atoms with Crippen molar-refractivity contribution in [2.45, 2.75) is 13.5 Å². The van der Waals surface area contributed by atoms with E-state index in [1.54, 1.807) is 13.0 Å². The summed E-state index contributed by atoms with van der Waals surface area (Å²) in [5.41, 5.74) is 0.753. The van der Waals surface area contributed by atoms with Gasteiger partial charge in [0.1, 0.15) is 17.4 Å². The summed E-state index contributed by atoms with van der Waals surface area (Å²) in [6.45, 7) is 4.71. The van der Waals surface area contributed by atoms with Gasteiger partial charge in [-0.15, -0.1) is 10.2 Å². The van der Waals surface area contributed by atoms with E-state index in [1.807, 2.05) is 24.3 Å². The lowest BCUT2D eigenvalue weighted by Crippen LogP contribution is -2.47. The molecule has 0 atom stereocenters. The third-order valence-corrected chi connectivity index (χ3v) is 5.68. The number of aryl methyl sites for hydroxylation is 1. The van der Waals surface area contributed by atoms with E-state index < -0.39 is 0 Å². The molecule has 1 aliphatic rings. The molecule has 0 aliphatic carbocycles. The second kappa shape index (κ2) is 8.80. The molecule has 1 amide bonds. The zero-order valence-corrected chi connectivity index (χ0v) is 17.9. The lowest BCUT2D eigenvalue weighted by atomic mass is 10.2. The van der Waals surface area contributed by atoms with Gasteiger partial charge in [-0.3, -0.25) is 14.9 Å². The zero-order chi connectivity index (χ0) is 21.1. The molecule has 0 unspecified atom stereocenters. The van der Waals surface area contributed by atoms with E-state index in [-0.39, 0.29) is 18.0 Å². The van der Waals surface area contributed by atoms with Crippen LogP contribution in [0.15, 0.2) is 41.2 Å². The Bertz CT molecular complexity index is 1110. The van der Waals surface area contributed by atoms with E-state index >= 15 is 0 Å². The molecule has 1 aromatic carbocycles. The number of anilines is 3. The van der Waals surface area contributed by atoms with Gasteiger partial charge in [0.2, 0.25) is 11.0 Å². The summed E-state index contributed by atoms with van der Waals surface area (Å²) in [4.78, 5) is 28.8. The van der Waals surface area contributed by atoms with E-state index in [4.69, 9.17) is 11.6 Å². The second-order valence-electron chi connectivity index (χ2n) is 6.82. The van der Waals surface area contributed by atoms with Crippen LogP contribution in [0.4, 0.5) is 16.6 Å². The number of rotatable bonds is 5. The molecule has 0 spiro atoms. The SMILES string of the molecule is Cc1nnc(NC(=O)Cn2nc(N3CCN(c4cccc(Cl)c4)CC3)ccc2=O)s1. The molecule has 11 heteroatoms. The number of amides is 1. The first-order valence-corrected chi connectivity index (χ1v) is 10.6. The number of piperazine rings is 1. The Hall–Kier alpha value is -2.98. The predicted octanol–water partition coefficient (Wildman–Crippen LogP) is 2.02. The molecule has 9 nitrogen and oxygen atoms in total.